The largest absolute Gasteiger partial charge is 0.375 e. The molecule has 0 spiro atoms. The van der Waals surface area contributed by atoms with Gasteiger partial charge in [-0.1, -0.05) is 30.9 Å². The van der Waals surface area contributed by atoms with E-state index in [0.717, 1.165) is 6.42 Å². The number of carbonyl (C=O) groups excluding carboxylic acids is 1. The monoisotopic (exact) mass is 249 g/mol. The Kier molecular flexibility index (Phi) is 4.09. The summed E-state index contributed by atoms with van der Waals surface area (Å²) in [6.07, 6.45) is 0.856. The van der Waals surface area contributed by atoms with Crippen LogP contribution in [0.2, 0.25) is 0 Å². The van der Waals surface area contributed by atoms with Gasteiger partial charge in [0.25, 0.3) is 5.91 Å². The van der Waals surface area contributed by atoms with Crippen LogP contribution in [0, 0.1) is 0 Å². The SMILES string of the molecule is CCCN(C(N)=S)N1C(=O)CSC1=S. The molecule has 7 heteroatoms. The van der Waals surface area contributed by atoms with Crippen LogP contribution in [-0.4, -0.2) is 37.7 Å². The molecule has 1 heterocycles. The van der Waals surface area contributed by atoms with Crippen molar-refractivity contribution < 1.29 is 4.79 Å². The molecule has 1 saturated heterocycles. The summed E-state index contributed by atoms with van der Waals surface area (Å²) < 4.78 is 0.524. The van der Waals surface area contributed by atoms with Crippen LogP contribution >= 0.6 is 36.2 Å². The molecule has 1 aliphatic rings. The lowest BCUT2D eigenvalue weighted by Gasteiger charge is -2.30. The van der Waals surface area contributed by atoms with Crippen LogP contribution in [0.4, 0.5) is 0 Å². The van der Waals surface area contributed by atoms with Crippen molar-refractivity contribution in [3.63, 3.8) is 0 Å². The topological polar surface area (TPSA) is 49.6 Å². The number of rotatable bonds is 3. The molecule has 0 aromatic rings. The zero-order valence-corrected chi connectivity index (χ0v) is 10.2. The molecule has 0 atom stereocenters. The van der Waals surface area contributed by atoms with Crippen molar-refractivity contribution in [1.82, 2.24) is 10.0 Å². The minimum atomic E-state index is -0.0544. The van der Waals surface area contributed by atoms with E-state index in [9.17, 15) is 4.79 Å². The van der Waals surface area contributed by atoms with Gasteiger partial charge in [0.2, 0.25) is 0 Å². The van der Waals surface area contributed by atoms with E-state index in [0.29, 0.717) is 16.6 Å². The minimum Gasteiger partial charge on any atom is -0.375 e. The molecule has 0 bridgehead atoms. The fraction of sp³-hybridized carbons (Fsp3) is 0.571. The first-order chi connectivity index (χ1) is 6.57. The van der Waals surface area contributed by atoms with Crippen molar-refractivity contribution in [1.29, 1.82) is 0 Å². The van der Waals surface area contributed by atoms with E-state index >= 15 is 0 Å². The maximum Gasteiger partial charge on any atom is 0.257 e. The smallest absolute Gasteiger partial charge is 0.257 e. The summed E-state index contributed by atoms with van der Waals surface area (Å²) >= 11 is 11.2. The third kappa shape index (κ3) is 2.34. The molecule has 0 radical (unpaired) electrons. The Morgan fingerprint density at radius 1 is 1.79 bits per heavy atom. The van der Waals surface area contributed by atoms with Gasteiger partial charge in [0.1, 0.15) is 0 Å². The number of hydrogen-bond acceptors (Lipinski definition) is 4. The van der Waals surface area contributed by atoms with Crippen molar-refractivity contribution in [3.05, 3.63) is 0 Å². The highest BCUT2D eigenvalue weighted by Crippen LogP contribution is 2.21. The van der Waals surface area contributed by atoms with Gasteiger partial charge in [-0.25, -0.2) is 5.01 Å². The van der Waals surface area contributed by atoms with Crippen molar-refractivity contribution in [3.8, 4) is 0 Å². The highest BCUT2D eigenvalue weighted by Gasteiger charge is 2.32. The first-order valence-corrected chi connectivity index (χ1v) is 5.94. The molecule has 0 aromatic carbocycles. The zero-order valence-electron chi connectivity index (χ0n) is 7.73. The molecule has 0 aromatic heterocycles. The first-order valence-electron chi connectivity index (χ1n) is 4.14. The number of amides is 1. The average molecular weight is 249 g/mol. The molecular formula is C7H11N3OS3. The lowest BCUT2D eigenvalue weighted by atomic mass is 10.5. The number of thioether (sulfide) groups is 1. The highest BCUT2D eigenvalue weighted by molar-refractivity contribution is 8.23. The van der Waals surface area contributed by atoms with Crippen LogP contribution in [0.3, 0.4) is 0 Å². The van der Waals surface area contributed by atoms with Gasteiger partial charge < -0.3 is 5.73 Å². The summed E-state index contributed by atoms with van der Waals surface area (Å²) in [6, 6.07) is 0. The summed E-state index contributed by atoms with van der Waals surface area (Å²) in [7, 11) is 0. The highest BCUT2D eigenvalue weighted by atomic mass is 32.2. The molecule has 14 heavy (non-hydrogen) atoms. The molecule has 78 valence electrons. The Labute approximate surface area is 97.8 Å². The molecular weight excluding hydrogens is 238 g/mol. The zero-order chi connectivity index (χ0) is 10.7. The summed E-state index contributed by atoms with van der Waals surface area (Å²) in [5.74, 6) is 0.322. The van der Waals surface area contributed by atoms with Crippen LogP contribution in [0.1, 0.15) is 13.3 Å². The van der Waals surface area contributed by atoms with Gasteiger partial charge in [-0.2, -0.15) is 0 Å². The number of carbonyl (C=O) groups is 1. The van der Waals surface area contributed by atoms with Gasteiger partial charge in [0, 0.05) is 6.54 Å². The van der Waals surface area contributed by atoms with E-state index in [1.165, 1.54) is 16.8 Å². The van der Waals surface area contributed by atoms with E-state index in [1.54, 1.807) is 5.01 Å². The van der Waals surface area contributed by atoms with Gasteiger partial charge >= 0.3 is 0 Å². The Hall–Kier alpha value is -0.400. The maximum absolute atomic E-state index is 11.5. The van der Waals surface area contributed by atoms with E-state index in [2.05, 4.69) is 0 Å². The van der Waals surface area contributed by atoms with E-state index in [4.69, 9.17) is 30.2 Å². The molecule has 1 fully saturated rings. The van der Waals surface area contributed by atoms with Crippen molar-refractivity contribution in [2.75, 3.05) is 12.3 Å². The standard InChI is InChI=1S/C7H11N3OS3/c1-2-3-9(6(8)12)10-5(11)4-14-7(10)13/h2-4H2,1H3,(H2,8,12). The first kappa shape index (κ1) is 11.7. The molecule has 1 amide bonds. The van der Waals surface area contributed by atoms with Gasteiger partial charge in [-0.15, -0.1) is 0 Å². The summed E-state index contributed by atoms with van der Waals surface area (Å²) in [6.45, 7) is 2.60. The normalized spacial score (nSPS) is 16.2. The minimum absolute atomic E-state index is 0.0544. The van der Waals surface area contributed by atoms with Crippen LogP contribution in [0.5, 0.6) is 0 Å². The number of hydrazine groups is 1. The van der Waals surface area contributed by atoms with Crippen LogP contribution in [0.15, 0.2) is 0 Å². The Bertz CT molecular complexity index is 265. The van der Waals surface area contributed by atoms with Crippen molar-refractivity contribution in [2.45, 2.75) is 13.3 Å². The third-order valence-corrected chi connectivity index (χ3v) is 3.21. The van der Waals surface area contributed by atoms with Gasteiger partial charge in [0.05, 0.1) is 5.75 Å². The number of thiocarbonyl (C=S) groups is 2. The number of nitrogens with two attached hydrogens (primary N) is 1. The predicted molar refractivity (Wildman–Crippen MR) is 65.7 cm³/mol. The van der Waals surface area contributed by atoms with Crippen molar-refractivity contribution >= 4 is 51.5 Å². The van der Waals surface area contributed by atoms with E-state index in [-0.39, 0.29) is 11.0 Å². The third-order valence-electron chi connectivity index (χ3n) is 1.66. The quantitative estimate of drug-likeness (QED) is 0.744. The summed E-state index contributed by atoms with van der Waals surface area (Å²) in [5, 5.41) is 3.14. The molecule has 4 nitrogen and oxygen atoms in total. The maximum atomic E-state index is 11.5. The average Bonchev–Trinajstić information content (AvgIpc) is 2.43. The van der Waals surface area contributed by atoms with E-state index < -0.39 is 0 Å². The van der Waals surface area contributed by atoms with Crippen LogP contribution in [0.25, 0.3) is 0 Å². The molecule has 0 aliphatic carbocycles. The van der Waals surface area contributed by atoms with Gasteiger partial charge in [-0.05, 0) is 18.6 Å². The molecule has 0 unspecified atom stereocenters. The van der Waals surface area contributed by atoms with Crippen molar-refractivity contribution in [2.24, 2.45) is 5.73 Å². The fourth-order valence-corrected chi connectivity index (χ4v) is 2.34. The molecule has 0 saturated carbocycles. The second-order valence-corrected chi connectivity index (χ2v) is 4.75. The number of nitrogens with zero attached hydrogens (tertiary/aromatic N) is 2. The summed E-state index contributed by atoms with van der Waals surface area (Å²) in [5.41, 5.74) is 5.52. The molecule has 1 aliphatic heterocycles. The Balaban J connectivity index is 2.81. The Morgan fingerprint density at radius 3 is 2.79 bits per heavy atom. The summed E-state index contributed by atoms with van der Waals surface area (Å²) in [4.78, 5) is 11.5. The van der Waals surface area contributed by atoms with Gasteiger partial charge in [0.15, 0.2) is 9.43 Å². The lowest BCUT2D eigenvalue weighted by Crippen LogP contribution is -2.51. The number of hydrogen-bond donors (Lipinski definition) is 1. The van der Waals surface area contributed by atoms with E-state index in [1.807, 2.05) is 6.92 Å². The second-order valence-electron chi connectivity index (χ2n) is 2.72. The fourth-order valence-electron chi connectivity index (χ4n) is 1.10. The molecule has 2 N–H and O–H groups in total. The molecule has 1 rings (SSSR count). The van der Waals surface area contributed by atoms with Crippen LogP contribution in [-0.2, 0) is 4.79 Å². The lowest BCUT2D eigenvalue weighted by molar-refractivity contribution is -0.131. The predicted octanol–water partition coefficient (Wildman–Crippen LogP) is 0.717. The van der Waals surface area contributed by atoms with Gasteiger partial charge in [-0.3, -0.25) is 9.80 Å². The second kappa shape index (κ2) is 4.90. The van der Waals surface area contributed by atoms with Crippen LogP contribution < -0.4 is 5.73 Å². The Morgan fingerprint density at radius 2 is 2.43 bits per heavy atom.